The van der Waals surface area contributed by atoms with Crippen LogP contribution in [-0.4, -0.2) is 22.4 Å². The Bertz CT molecular complexity index is 535. The predicted molar refractivity (Wildman–Crippen MR) is 71.3 cm³/mol. The van der Waals surface area contributed by atoms with E-state index in [2.05, 4.69) is 9.97 Å². The molecule has 0 aliphatic carbocycles. The third-order valence-electron chi connectivity index (χ3n) is 2.46. The minimum absolute atomic E-state index is 0.0400. The third kappa shape index (κ3) is 3.04. The first-order valence-electron chi connectivity index (χ1n) is 5.49. The molecule has 94 valence electrons. The molecule has 0 unspecified atom stereocenters. The molecule has 0 spiro atoms. The first kappa shape index (κ1) is 12.5. The number of hydrogen-bond acceptors (Lipinski definition) is 5. The number of hydrogen-bond donors (Lipinski definition) is 2. The molecular formula is C12H14N4OS. The molecule has 0 bridgehead atoms. The molecule has 0 atom stereocenters. The normalized spacial score (nSPS) is 10.3. The lowest BCUT2D eigenvalue weighted by atomic mass is 10.3. The van der Waals surface area contributed by atoms with Gasteiger partial charge in [-0.15, -0.1) is 11.3 Å². The minimum atomic E-state index is -0.0400. The third-order valence-corrected chi connectivity index (χ3v) is 3.45. The second kappa shape index (κ2) is 5.59. The number of nitrogens with zero attached hydrogens (tertiary/aromatic N) is 2. The average molecular weight is 262 g/mol. The van der Waals surface area contributed by atoms with E-state index in [0.29, 0.717) is 18.1 Å². The SMILES string of the molecule is Cc1ncsc1CCOc1ccc(C(=N)N)nc1. The summed E-state index contributed by atoms with van der Waals surface area (Å²) in [5, 5.41) is 7.23. The van der Waals surface area contributed by atoms with Gasteiger partial charge in [0.25, 0.3) is 0 Å². The highest BCUT2D eigenvalue weighted by atomic mass is 32.1. The van der Waals surface area contributed by atoms with Gasteiger partial charge < -0.3 is 10.5 Å². The van der Waals surface area contributed by atoms with E-state index in [1.807, 2.05) is 12.4 Å². The van der Waals surface area contributed by atoms with E-state index in [-0.39, 0.29) is 5.84 Å². The van der Waals surface area contributed by atoms with Crippen molar-refractivity contribution in [3.63, 3.8) is 0 Å². The molecule has 0 amide bonds. The Hall–Kier alpha value is -1.95. The number of pyridine rings is 1. The number of rotatable bonds is 5. The predicted octanol–water partition coefficient (Wildman–Crippen LogP) is 1.75. The number of nitrogen functional groups attached to an aromatic ring is 1. The second-order valence-electron chi connectivity index (χ2n) is 3.75. The Balaban J connectivity index is 1.87. The van der Waals surface area contributed by atoms with Gasteiger partial charge in [0, 0.05) is 11.3 Å². The number of aromatic nitrogens is 2. The number of amidine groups is 1. The smallest absolute Gasteiger partial charge is 0.141 e. The molecule has 0 aliphatic heterocycles. The molecule has 2 aromatic heterocycles. The zero-order chi connectivity index (χ0) is 13.0. The second-order valence-corrected chi connectivity index (χ2v) is 4.69. The van der Waals surface area contributed by atoms with Crippen molar-refractivity contribution in [2.75, 3.05) is 6.61 Å². The van der Waals surface area contributed by atoms with Crippen LogP contribution in [0.4, 0.5) is 0 Å². The molecule has 0 radical (unpaired) electrons. The molecule has 6 heteroatoms. The van der Waals surface area contributed by atoms with Gasteiger partial charge in [-0.25, -0.2) is 9.97 Å². The molecule has 0 fully saturated rings. The maximum atomic E-state index is 7.23. The van der Waals surface area contributed by atoms with Gasteiger partial charge in [-0.2, -0.15) is 0 Å². The summed E-state index contributed by atoms with van der Waals surface area (Å²) in [6.45, 7) is 2.58. The van der Waals surface area contributed by atoms with Crippen molar-refractivity contribution in [3.05, 3.63) is 40.1 Å². The van der Waals surface area contributed by atoms with Gasteiger partial charge in [0.1, 0.15) is 17.3 Å². The fraction of sp³-hybridized carbons (Fsp3) is 0.250. The number of ether oxygens (including phenoxy) is 1. The van der Waals surface area contributed by atoms with Crippen molar-refractivity contribution in [1.29, 1.82) is 5.41 Å². The maximum absolute atomic E-state index is 7.23. The lowest BCUT2D eigenvalue weighted by molar-refractivity contribution is 0.321. The van der Waals surface area contributed by atoms with Crippen molar-refractivity contribution in [3.8, 4) is 5.75 Å². The van der Waals surface area contributed by atoms with E-state index >= 15 is 0 Å². The van der Waals surface area contributed by atoms with Gasteiger partial charge in [-0.1, -0.05) is 0 Å². The van der Waals surface area contributed by atoms with Gasteiger partial charge in [0.15, 0.2) is 0 Å². The van der Waals surface area contributed by atoms with Crippen molar-refractivity contribution < 1.29 is 4.74 Å². The molecular weight excluding hydrogens is 248 g/mol. The van der Waals surface area contributed by atoms with Crippen LogP contribution in [0.25, 0.3) is 0 Å². The Kier molecular flexibility index (Phi) is 3.88. The average Bonchev–Trinajstić information content (AvgIpc) is 2.76. The Morgan fingerprint density at radius 2 is 2.28 bits per heavy atom. The Labute approximate surface area is 109 Å². The van der Waals surface area contributed by atoms with Gasteiger partial charge in [-0.3, -0.25) is 5.41 Å². The van der Waals surface area contributed by atoms with E-state index in [0.717, 1.165) is 12.1 Å². The standard InChI is InChI=1S/C12H14N4OS/c1-8-11(18-7-16-8)4-5-17-9-2-3-10(12(13)14)15-6-9/h2-3,6-7H,4-5H2,1H3,(H3,13,14). The molecule has 3 N–H and O–H groups in total. The van der Waals surface area contributed by atoms with Gasteiger partial charge in [-0.05, 0) is 19.1 Å². The topological polar surface area (TPSA) is 84.9 Å². The van der Waals surface area contributed by atoms with Gasteiger partial charge >= 0.3 is 0 Å². The van der Waals surface area contributed by atoms with Crippen molar-refractivity contribution in [1.82, 2.24) is 9.97 Å². The largest absolute Gasteiger partial charge is 0.492 e. The van der Waals surface area contributed by atoms with E-state index in [4.69, 9.17) is 15.9 Å². The van der Waals surface area contributed by atoms with Crippen LogP contribution in [0.2, 0.25) is 0 Å². The molecule has 18 heavy (non-hydrogen) atoms. The van der Waals surface area contributed by atoms with Crippen LogP contribution >= 0.6 is 11.3 Å². The van der Waals surface area contributed by atoms with Crippen LogP contribution in [0.3, 0.4) is 0 Å². The van der Waals surface area contributed by atoms with Crippen LogP contribution < -0.4 is 10.5 Å². The van der Waals surface area contributed by atoms with E-state index in [1.165, 1.54) is 4.88 Å². The number of nitrogens with two attached hydrogens (primary N) is 1. The molecule has 2 rings (SSSR count). The van der Waals surface area contributed by atoms with Gasteiger partial charge in [0.2, 0.25) is 0 Å². The highest BCUT2D eigenvalue weighted by Gasteiger charge is 2.03. The minimum Gasteiger partial charge on any atom is -0.492 e. The number of aryl methyl sites for hydroxylation is 1. The zero-order valence-corrected chi connectivity index (χ0v) is 10.8. The fourth-order valence-electron chi connectivity index (χ4n) is 1.45. The Morgan fingerprint density at radius 3 is 2.83 bits per heavy atom. The quantitative estimate of drug-likeness (QED) is 0.635. The highest BCUT2D eigenvalue weighted by molar-refractivity contribution is 7.09. The summed E-state index contributed by atoms with van der Waals surface area (Å²) < 4.78 is 5.57. The Morgan fingerprint density at radius 1 is 1.44 bits per heavy atom. The zero-order valence-electron chi connectivity index (χ0n) is 10.0. The molecule has 2 heterocycles. The van der Waals surface area contributed by atoms with Crippen LogP contribution in [0.1, 0.15) is 16.3 Å². The molecule has 0 aliphatic rings. The maximum Gasteiger partial charge on any atom is 0.141 e. The summed E-state index contributed by atoms with van der Waals surface area (Å²) in [5.41, 5.74) is 8.68. The van der Waals surface area contributed by atoms with Crippen LogP contribution in [-0.2, 0) is 6.42 Å². The lowest BCUT2D eigenvalue weighted by Crippen LogP contribution is -2.12. The first-order chi connectivity index (χ1) is 8.66. The summed E-state index contributed by atoms with van der Waals surface area (Å²) >= 11 is 1.64. The number of nitrogens with one attached hydrogen (secondary N) is 1. The van der Waals surface area contributed by atoms with E-state index < -0.39 is 0 Å². The van der Waals surface area contributed by atoms with Crippen molar-refractivity contribution in [2.45, 2.75) is 13.3 Å². The van der Waals surface area contributed by atoms with E-state index in [1.54, 1.807) is 29.7 Å². The molecule has 0 saturated carbocycles. The summed E-state index contributed by atoms with van der Waals surface area (Å²) in [6, 6.07) is 3.44. The molecule has 0 saturated heterocycles. The molecule has 2 aromatic rings. The van der Waals surface area contributed by atoms with Crippen molar-refractivity contribution >= 4 is 17.2 Å². The number of thiazole rings is 1. The molecule has 5 nitrogen and oxygen atoms in total. The summed E-state index contributed by atoms with van der Waals surface area (Å²) in [5.74, 6) is 0.643. The first-order valence-corrected chi connectivity index (χ1v) is 6.37. The van der Waals surface area contributed by atoms with Crippen LogP contribution in [0.15, 0.2) is 23.8 Å². The summed E-state index contributed by atoms with van der Waals surface area (Å²) in [7, 11) is 0. The summed E-state index contributed by atoms with van der Waals surface area (Å²) in [6.07, 6.45) is 2.42. The van der Waals surface area contributed by atoms with E-state index in [9.17, 15) is 0 Å². The molecule has 0 aromatic carbocycles. The fourth-order valence-corrected chi connectivity index (χ4v) is 2.22. The van der Waals surface area contributed by atoms with Gasteiger partial charge in [0.05, 0.1) is 24.0 Å². The summed E-state index contributed by atoms with van der Waals surface area (Å²) in [4.78, 5) is 9.45. The highest BCUT2D eigenvalue weighted by Crippen LogP contribution is 2.14. The van der Waals surface area contributed by atoms with Crippen molar-refractivity contribution in [2.24, 2.45) is 5.73 Å². The lowest BCUT2D eigenvalue weighted by Gasteiger charge is -2.05. The van der Waals surface area contributed by atoms with Crippen LogP contribution in [0, 0.1) is 12.3 Å². The van der Waals surface area contributed by atoms with Crippen LogP contribution in [0.5, 0.6) is 5.75 Å². The monoisotopic (exact) mass is 262 g/mol.